The van der Waals surface area contributed by atoms with Gasteiger partial charge < -0.3 is 10.2 Å². The number of rotatable bonds is 6. The summed E-state index contributed by atoms with van der Waals surface area (Å²) in [5.74, 6) is -0.874. The topological polar surface area (TPSA) is 15.3 Å². The Morgan fingerprint density at radius 3 is 2.45 bits per heavy atom. The van der Waals surface area contributed by atoms with Crippen LogP contribution in [-0.2, 0) is 12.7 Å². The van der Waals surface area contributed by atoms with E-state index in [0.29, 0.717) is 18.7 Å². The third-order valence-corrected chi connectivity index (χ3v) is 3.22. The van der Waals surface area contributed by atoms with Crippen LogP contribution in [0.4, 0.5) is 17.6 Å². The zero-order valence-electron chi connectivity index (χ0n) is 11.9. The van der Waals surface area contributed by atoms with Gasteiger partial charge in [-0.15, -0.1) is 0 Å². The second-order valence-corrected chi connectivity index (χ2v) is 5.05. The summed E-state index contributed by atoms with van der Waals surface area (Å²) in [6.07, 6.45) is -4.53. The highest BCUT2D eigenvalue weighted by Gasteiger charge is 2.33. The highest BCUT2D eigenvalue weighted by Crippen LogP contribution is 2.32. The number of benzene rings is 1. The molecule has 0 saturated heterocycles. The third kappa shape index (κ3) is 5.09. The number of hydrogen-bond acceptors (Lipinski definition) is 2. The molecule has 0 saturated carbocycles. The molecule has 0 aliphatic heterocycles. The Kier molecular flexibility index (Phi) is 5.95. The number of nitrogens with one attached hydrogen (secondary N) is 1. The molecular formula is C14H20F4N2. The average molecular weight is 292 g/mol. The molecule has 20 heavy (non-hydrogen) atoms. The Labute approximate surface area is 116 Å². The Morgan fingerprint density at radius 2 is 1.90 bits per heavy atom. The summed E-state index contributed by atoms with van der Waals surface area (Å²) in [6.45, 7) is 5.47. The van der Waals surface area contributed by atoms with Gasteiger partial charge in [-0.3, -0.25) is 0 Å². The van der Waals surface area contributed by atoms with Gasteiger partial charge in [0.05, 0.1) is 5.56 Å². The van der Waals surface area contributed by atoms with Crippen molar-refractivity contribution in [2.75, 3.05) is 20.1 Å². The van der Waals surface area contributed by atoms with E-state index in [-0.39, 0.29) is 12.1 Å². The number of alkyl halides is 3. The normalized spacial score (nSPS) is 12.4. The van der Waals surface area contributed by atoms with Crippen molar-refractivity contribution in [2.24, 2.45) is 0 Å². The van der Waals surface area contributed by atoms with Crippen LogP contribution in [0.2, 0.25) is 0 Å². The van der Waals surface area contributed by atoms with Crippen LogP contribution in [-0.4, -0.2) is 31.1 Å². The fourth-order valence-electron chi connectivity index (χ4n) is 1.70. The lowest BCUT2D eigenvalue weighted by molar-refractivity contribution is -0.138. The summed E-state index contributed by atoms with van der Waals surface area (Å²) in [4.78, 5) is 2.09. The Morgan fingerprint density at radius 1 is 1.25 bits per heavy atom. The standard InChI is InChI=1S/C14H20F4N2/c1-10(2)20(3)7-6-19-9-11-4-5-12(15)8-13(11)14(16,17)18/h4-5,8,10,19H,6-7,9H2,1-3H3. The molecule has 0 aliphatic carbocycles. The SMILES string of the molecule is CC(C)N(C)CCNCc1ccc(F)cc1C(F)(F)F. The molecule has 1 rings (SSSR count). The molecular weight excluding hydrogens is 272 g/mol. The monoisotopic (exact) mass is 292 g/mol. The first-order valence-electron chi connectivity index (χ1n) is 6.48. The van der Waals surface area contributed by atoms with E-state index in [1.165, 1.54) is 6.07 Å². The van der Waals surface area contributed by atoms with Gasteiger partial charge in [0.15, 0.2) is 0 Å². The van der Waals surface area contributed by atoms with E-state index in [1.54, 1.807) is 0 Å². The molecule has 6 heteroatoms. The Balaban J connectivity index is 2.60. The highest BCUT2D eigenvalue weighted by molar-refractivity contribution is 5.30. The molecule has 0 atom stereocenters. The fraction of sp³-hybridized carbons (Fsp3) is 0.571. The zero-order chi connectivity index (χ0) is 15.3. The van der Waals surface area contributed by atoms with Crippen LogP contribution in [0.3, 0.4) is 0 Å². The van der Waals surface area contributed by atoms with Gasteiger partial charge in [0.25, 0.3) is 0 Å². The van der Waals surface area contributed by atoms with E-state index in [9.17, 15) is 17.6 Å². The molecule has 0 spiro atoms. The van der Waals surface area contributed by atoms with Gasteiger partial charge in [-0.05, 0) is 38.6 Å². The molecule has 0 heterocycles. The van der Waals surface area contributed by atoms with Crippen molar-refractivity contribution in [3.63, 3.8) is 0 Å². The maximum atomic E-state index is 12.9. The number of hydrogen-bond donors (Lipinski definition) is 1. The molecule has 0 aromatic heterocycles. The first kappa shape index (κ1) is 16.9. The second kappa shape index (κ2) is 7.04. The van der Waals surface area contributed by atoms with E-state index in [4.69, 9.17) is 0 Å². The second-order valence-electron chi connectivity index (χ2n) is 5.05. The van der Waals surface area contributed by atoms with Gasteiger partial charge in [0, 0.05) is 25.7 Å². The van der Waals surface area contributed by atoms with Crippen molar-refractivity contribution in [1.29, 1.82) is 0 Å². The van der Waals surface area contributed by atoms with E-state index < -0.39 is 17.6 Å². The van der Waals surface area contributed by atoms with Crippen molar-refractivity contribution >= 4 is 0 Å². The van der Waals surface area contributed by atoms with Gasteiger partial charge in [-0.25, -0.2) is 4.39 Å². The van der Waals surface area contributed by atoms with Gasteiger partial charge in [-0.2, -0.15) is 13.2 Å². The van der Waals surface area contributed by atoms with E-state index in [2.05, 4.69) is 10.2 Å². The first-order valence-corrected chi connectivity index (χ1v) is 6.48. The molecule has 0 unspecified atom stereocenters. The summed E-state index contributed by atoms with van der Waals surface area (Å²) in [5.41, 5.74) is -0.853. The smallest absolute Gasteiger partial charge is 0.311 e. The van der Waals surface area contributed by atoms with Crippen molar-refractivity contribution in [1.82, 2.24) is 10.2 Å². The summed E-state index contributed by atoms with van der Waals surface area (Å²) < 4.78 is 51.2. The molecule has 2 nitrogen and oxygen atoms in total. The fourth-order valence-corrected chi connectivity index (χ4v) is 1.70. The highest BCUT2D eigenvalue weighted by atomic mass is 19.4. The Hall–Kier alpha value is -1.14. The summed E-state index contributed by atoms with van der Waals surface area (Å²) in [7, 11) is 1.95. The van der Waals surface area contributed by atoms with E-state index in [1.807, 2.05) is 20.9 Å². The predicted molar refractivity (Wildman–Crippen MR) is 70.9 cm³/mol. The number of likely N-dealkylation sites (N-methyl/N-ethyl adjacent to an activating group) is 1. The average Bonchev–Trinajstić information content (AvgIpc) is 2.34. The van der Waals surface area contributed by atoms with Gasteiger partial charge >= 0.3 is 6.18 Å². The van der Waals surface area contributed by atoms with Crippen LogP contribution in [0.1, 0.15) is 25.0 Å². The third-order valence-electron chi connectivity index (χ3n) is 3.22. The lowest BCUT2D eigenvalue weighted by Crippen LogP contribution is -2.33. The zero-order valence-corrected chi connectivity index (χ0v) is 11.9. The van der Waals surface area contributed by atoms with Crippen LogP contribution in [0.25, 0.3) is 0 Å². The molecule has 114 valence electrons. The van der Waals surface area contributed by atoms with E-state index >= 15 is 0 Å². The van der Waals surface area contributed by atoms with Crippen molar-refractivity contribution in [3.8, 4) is 0 Å². The van der Waals surface area contributed by atoms with Crippen LogP contribution in [0.5, 0.6) is 0 Å². The summed E-state index contributed by atoms with van der Waals surface area (Å²) >= 11 is 0. The maximum absolute atomic E-state index is 12.9. The van der Waals surface area contributed by atoms with Crippen LogP contribution in [0, 0.1) is 5.82 Å². The molecule has 0 aliphatic rings. The maximum Gasteiger partial charge on any atom is 0.416 e. The summed E-state index contributed by atoms with van der Waals surface area (Å²) in [6, 6.07) is 3.15. The minimum atomic E-state index is -4.53. The molecule has 0 bridgehead atoms. The van der Waals surface area contributed by atoms with Crippen molar-refractivity contribution in [3.05, 3.63) is 35.1 Å². The quantitative estimate of drug-likeness (QED) is 0.639. The lowest BCUT2D eigenvalue weighted by Gasteiger charge is -2.21. The molecule has 0 amide bonds. The van der Waals surface area contributed by atoms with Gasteiger partial charge in [0.1, 0.15) is 5.82 Å². The van der Waals surface area contributed by atoms with Crippen LogP contribution >= 0.6 is 0 Å². The minimum absolute atomic E-state index is 0.0612. The first-order chi connectivity index (χ1) is 9.21. The van der Waals surface area contributed by atoms with E-state index in [0.717, 1.165) is 12.6 Å². The van der Waals surface area contributed by atoms with Crippen molar-refractivity contribution < 1.29 is 17.6 Å². The van der Waals surface area contributed by atoms with Crippen LogP contribution < -0.4 is 5.32 Å². The molecule has 0 radical (unpaired) electrons. The largest absolute Gasteiger partial charge is 0.416 e. The number of nitrogens with zero attached hydrogens (tertiary/aromatic N) is 1. The number of halogens is 4. The van der Waals surface area contributed by atoms with Gasteiger partial charge in [0.2, 0.25) is 0 Å². The molecule has 0 fully saturated rings. The van der Waals surface area contributed by atoms with Gasteiger partial charge in [-0.1, -0.05) is 6.07 Å². The summed E-state index contributed by atoms with van der Waals surface area (Å²) in [5, 5.41) is 2.96. The molecule has 1 aromatic rings. The van der Waals surface area contributed by atoms with Crippen LogP contribution in [0.15, 0.2) is 18.2 Å². The minimum Gasteiger partial charge on any atom is -0.311 e. The lowest BCUT2D eigenvalue weighted by atomic mass is 10.1. The molecule has 1 aromatic carbocycles. The predicted octanol–water partition coefficient (Wildman–Crippen LogP) is 3.27. The van der Waals surface area contributed by atoms with Crippen molar-refractivity contribution in [2.45, 2.75) is 32.6 Å². The Bertz CT molecular complexity index is 430. The molecule has 1 N–H and O–H groups in total.